The third kappa shape index (κ3) is 3.55. The summed E-state index contributed by atoms with van der Waals surface area (Å²) in [6, 6.07) is 15.5. The second kappa shape index (κ2) is 6.66. The Morgan fingerprint density at radius 1 is 0.840 bits per heavy atom. The summed E-state index contributed by atoms with van der Waals surface area (Å²) >= 11 is 11.5. The number of nitrogens with zero attached hydrogens (tertiary/aromatic N) is 4. The van der Waals surface area contributed by atoms with Crippen molar-refractivity contribution in [1.82, 2.24) is 19.9 Å². The Morgan fingerprint density at radius 2 is 1.56 bits per heavy atom. The summed E-state index contributed by atoms with van der Waals surface area (Å²) < 4.78 is 5.77. The number of hydrogen-bond donors (Lipinski definition) is 1. The maximum Gasteiger partial charge on any atom is 0.228 e. The van der Waals surface area contributed by atoms with Gasteiger partial charge in [0.15, 0.2) is 5.58 Å². The Balaban J connectivity index is 1.49. The molecule has 2 heterocycles. The first kappa shape index (κ1) is 15.8. The molecule has 8 heteroatoms. The normalized spacial score (nSPS) is 11.0. The molecule has 0 aliphatic heterocycles. The molecule has 0 amide bonds. The second-order valence-corrected chi connectivity index (χ2v) is 5.91. The van der Waals surface area contributed by atoms with Crippen molar-refractivity contribution >= 4 is 40.2 Å². The van der Waals surface area contributed by atoms with Gasteiger partial charge in [0.1, 0.15) is 5.52 Å². The summed E-state index contributed by atoms with van der Waals surface area (Å²) in [4.78, 5) is 16.1. The number of oxazole rings is 1. The molecule has 0 saturated heterocycles. The summed E-state index contributed by atoms with van der Waals surface area (Å²) in [5.41, 5.74) is 3.55. The van der Waals surface area contributed by atoms with Gasteiger partial charge in [-0.1, -0.05) is 24.3 Å². The first-order chi connectivity index (χ1) is 12.2. The third-order valence-corrected chi connectivity index (χ3v) is 3.86. The maximum atomic E-state index is 5.77. The van der Waals surface area contributed by atoms with E-state index in [1.54, 1.807) is 0 Å². The minimum absolute atomic E-state index is 0.0498. The number of fused-ring (bicyclic) bond motifs is 1. The Labute approximate surface area is 152 Å². The van der Waals surface area contributed by atoms with Gasteiger partial charge in [-0.3, -0.25) is 0 Å². The van der Waals surface area contributed by atoms with Crippen molar-refractivity contribution in [2.24, 2.45) is 0 Å². The van der Waals surface area contributed by atoms with Crippen LogP contribution in [0.25, 0.3) is 22.6 Å². The molecule has 2 aromatic heterocycles. The molecule has 0 aliphatic rings. The van der Waals surface area contributed by atoms with E-state index in [1.807, 2.05) is 48.5 Å². The van der Waals surface area contributed by atoms with Crippen LogP contribution in [-0.4, -0.2) is 19.9 Å². The fourth-order valence-corrected chi connectivity index (χ4v) is 2.71. The molecule has 124 valence electrons. The molecule has 0 unspecified atom stereocenters. The van der Waals surface area contributed by atoms with Crippen molar-refractivity contribution in [3.63, 3.8) is 0 Å². The summed E-state index contributed by atoms with van der Waals surface area (Å²) in [6.07, 6.45) is 0. The fourth-order valence-electron chi connectivity index (χ4n) is 2.35. The summed E-state index contributed by atoms with van der Waals surface area (Å²) in [7, 11) is 0. The van der Waals surface area contributed by atoms with Crippen LogP contribution >= 0.6 is 23.2 Å². The molecule has 0 atom stereocenters. The van der Waals surface area contributed by atoms with Crippen LogP contribution in [0.3, 0.4) is 0 Å². The van der Waals surface area contributed by atoms with Crippen molar-refractivity contribution < 1.29 is 4.42 Å². The Morgan fingerprint density at radius 3 is 2.28 bits per heavy atom. The number of aromatic nitrogens is 4. The van der Waals surface area contributed by atoms with E-state index < -0.39 is 0 Å². The Kier molecular flexibility index (Phi) is 4.21. The molecule has 6 nitrogen and oxygen atoms in total. The quantitative estimate of drug-likeness (QED) is 0.564. The lowest BCUT2D eigenvalue weighted by molar-refractivity contribution is 0.620. The molecule has 0 saturated carbocycles. The highest BCUT2D eigenvalue weighted by atomic mass is 35.5. The molecule has 4 rings (SSSR count). The standard InChI is InChI=1S/C17H11Cl2N5O/c18-15-22-16(19)24-17(23-15)20-9-10-5-7-11(8-6-10)14-21-12-3-1-2-4-13(12)25-14/h1-8H,9H2,(H,20,22,23,24). The molecule has 1 N–H and O–H groups in total. The smallest absolute Gasteiger partial charge is 0.228 e. The number of benzene rings is 2. The van der Waals surface area contributed by atoms with Crippen LogP contribution in [0.5, 0.6) is 0 Å². The topological polar surface area (TPSA) is 76.7 Å². The lowest BCUT2D eigenvalue weighted by Gasteiger charge is -2.05. The molecule has 0 spiro atoms. The molecule has 25 heavy (non-hydrogen) atoms. The number of nitrogens with one attached hydrogen (secondary N) is 1. The van der Waals surface area contributed by atoms with E-state index in [0.717, 1.165) is 22.2 Å². The minimum atomic E-state index is 0.0498. The van der Waals surface area contributed by atoms with Crippen molar-refractivity contribution in [2.75, 3.05) is 5.32 Å². The predicted octanol–water partition coefficient (Wildman–Crippen LogP) is 4.60. The lowest BCUT2D eigenvalue weighted by atomic mass is 10.1. The number of para-hydroxylation sites is 2. The molecular formula is C17H11Cl2N5O. The highest BCUT2D eigenvalue weighted by Crippen LogP contribution is 2.24. The average Bonchev–Trinajstić information content (AvgIpc) is 3.04. The van der Waals surface area contributed by atoms with Crippen LogP contribution in [-0.2, 0) is 6.54 Å². The number of rotatable bonds is 4. The molecule has 0 aliphatic carbocycles. The first-order valence-electron chi connectivity index (χ1n) is 7.43. The van der Waals surface area contributed by atoms with Crippen molar-refractivity contribution in [3.05, 3.63) is 64.7 Å². The van der Waals surface area contributed by atoms with Gasteiger partial charge in [-0.05, 0) is 53.0 Å². The SMILES string of the molecule is Clc1nc(Cl)nc(NCc2ccc(-c3nc4ccccc4o3)cc2)n1. The van der Waals surface area contributed by atoms with Gasteiger partial charge in [0.05, 0.1) is 0 Å². The highest BCUT2D eigenvalue weighted by Gasteiger charge is 2.08. The van der Waals surface area contributed by atoms with Crippen LogP contribution in [0.15, 0.2) is 52.9 Å². The second-order valence-electron chi connectivity index (χ2n) is 5.23. The van der Waals surface area contributed by atoms with Gasteiger partial charge in [0.25, 0.3) is 0 Å². The monoisotopic (exact) mass is 371 g/mol. The number of anilines is 1. The molecular weight excluding hydrogens is 361 g/mol. The highest BCUT2D eigenvalue weighted by molar-refractivity contribution is 6.31. The minimum Gasteiger partial charge on any atom is -0.436 e. The van der Waals surface area contributed by atoms with Crippen LogP contribution in [0.4, 0.5) is 5.95 Å². The molecule has 4 aromatic rings. The zero-order valence-electron chi connectivity index (χ0n) is 12.8. The summed E-state index contributed by atoms with van der Waals surface area (Å²) in [6.45, 7) is 0.518. The van der Waals surface area contributed by atoms with Crippen molar-refractivity contribution in [2.45, 2.75) is 6.54 Å². The van der Waals surface area contributed by atoms with Gasteiger partial charge in [-0.2, -0.15) is 15.0 Å². The average molecular weight is 372 g/mol. The van der Waals surface area contributed by atoms with Crippen molar-refractivity contribution in [1.29, 1.82) is 0 Å². The van der Waals surface area contributed by atoms with Gasteiger partial charge in [-0.25, -0.2) is 4.98 Å². The molecule has 0 fully saturated rings. The molecule has 0 bridgehead atoms. The van der Waals surface area contributed by atoms with E-state index in [4.69, 9.17) is 27.6 Å². The van der Waals surface area contributed by atoms with Crippen molar-refractivity contribution in [3.8, 4) is 11.5 Å². The number of halogens is 2. The van der Waals surface area contributed by atoms with E-state index >= 15 is 0 Å². The van der Waals surface area contributed by atoms with E-state index in [9.17, 15) is 0 Å². The third-order valence-electron chi connectivity index (χ3n) is 3.53. The largest absolute Gasteiger partial charge is 0.436 e. The van der Waals surface area contributed by atoms with Crippen LogP contribution in [0, 0.1) is 0 Å². The first-order valence-corrected chi connectivity index (χ1v) is 8.19. The van der Waals surface area contributed by atoms with E-state index in [0.29, 0.717) is 18.4 Å². The number of hydrogen-bond acceptors (Lipinski definition) is 6. The lowest BCUT2D eigenvalue weighted by Crippen LogP contribution is -2.04. The fraction of sp³-hybridized carbons (Fsp3) is 0.0588. The zero-order valence-corrected chi connectivity index (χ0v) is 14.3. The van der Waals surface area contributed by atoms with E-state index in [1.165, 1.54) is 0 Å². The van der Waals surface area contributed by atoms with Gasteiger partial charge in [0.2, 0.25) is 22.4 Å². The Hall–Kier alpha value is -2.70. The van der Waals surface area contributed by atoms with Gasteiger partial charge in [-0.15, -0.1) is 0 Å². The molecule has 2 aromatic carbocycles. The zero-order chi connectivity index (χ0) is 17.2. The van der Waals surface area contributed by atoms with Gasteiger partial charge < -0.3 is 9.73 Å². The van der Waals surface area contributed by atoms with Crippen LogP contribution in [0.2, 0.25) is 10.6 Å². The van der Waals surface area contributed by atoms with Crippen LogP contribution in [0.1, 0.15) is 5.56 Å². The predicted molar refractivity (Wildman–Crippen MR) is 96.6 cm³/mol. The van der Waals surface area contributed by atoms with Crippen LogP contribution < -0.4 is 5.32 Å². The summed E-state index contributed by atoms with van der Waals surface area (Å²) in [5.74, 6) is 0.921. The summed E-state index contributed by atoms with van der Waals surface area (Å²) in [5, 5.41) is 3.15. The maximum absolute atomic E-state index is 5.77. The Bertz CT molecular complexity index is 980. The van der Waals surface area contributed by atoms with Gasteiger partial charge in [0, 0.05) is 12.1 Å². The molecule has 0 radical (unpaired) electrons. The van der Waals surface area contributed by atoms with E-state index in [2.05, 4.69) is 25.3 Å². The van der Waals surface area contributed by atoms with E-state index in [-0.39, 0.29) is 10.6 Å². The van der Waals surface area contributed by atoms with Gasteiger partial charge >= 0.3 is 0 Å².